The molecule has 2 radical (unpaired) electrons. The third-order valence-electron chi connectivity index (χ3n) is 5.60. The summed E-state index contributed by atoms with van der Waals surface area (Å²) in [7, 11) is -0.877. The zero-order chi connectivity index (χ0) is 28.7. The van der Waals surface area contributed by atoms with Crippen molar-refractivity contribution >= 4 is 50.8 Å². The first-order valence-corrected chi connectivity index (χ1v) is 19.1. The van der Waals surface area contributed by atoms with E-state index in [1.807, 2.05) is 0 Å². The minimum Gasteiger partial charge on any atom is -0.0620 e. The summed E-state index contributed by atoms with van der Waals surface area (Å²) >= 11 is -1.50. The second-order valence-corrected chi connectivity index (χ2v) is 17.2. The topological polar surface area (TPSA) is 59.7 Å². The summed E-state index contributed by atoms with van der Waals surface area (Å²) in [5, 5.41) is 4.31. The van der Waals surface area contributed by atoms with E-state index in [0.717, 1.165) is 0 Å². The summed E-state index contributed by atoms with van der Waals surface area (Å²) < 4.78 is 25.6. The Morgan fingerprint density at radius 1 is 0.400 bits per heavy atom. The predicted octanol–water partition coefficient (Wildman–Crippen LogP) is 4.99. The minimum atomic E-state index is -1.50. The van der Waals surface area contributed by atoms with E-state index in [0.29, 0.717) is 0 Å². The second-order valence-electron chi connectivity index (χ2n) is 7.83. The standard InChI is InChI=1S/C18H15P.2C6H5.3CO.CH3.Co.Sn/c1-4-10-16(11-5-1)19(17-12-6-2-7-13-17)18-14-8-3-9-15-18;2*1-2-4-6-5-3-1;3*1-2;;;/h1-15H;2*1-5H;;;;1H3;;/p+1. The van der Waals surface area contributed by atoms with Crippen molar-refractivity contribution in [2.24, 2.45) is 0 Å². The molecule has 40 heavy (non-hydrogen) atoms. The van der Waals surface area contributed by atoms with Gasteiger partial charge in [0.05, 0.1) is 7.92 Å². The molecule has 5 aromatic carbocycles. The van der Waals surface area contributed by atoms with Gasteiger partial charge in [0, 0.05) is 16.8 Å². The molecule has 0 amide bonds. The van der Waals surface area contributed by atoms with E-state index in [1.54, 1.807) is 7.16 Å². The van der Waals surface area contributed by atoms with Crippen LogP contribution in [0, 0.1) is 20.0 Å². The van der Waals surface area contributed by atoms with Crippen LogP contribution in [0.15, 0.2) is 152 Å². The van der Waals surface area contributed by atoms with Crippen molar-refractivity contribution in [3.05, 3.63) is 172 Å². The maximum atomic E-state index is 7.50. The van der Waals surface area contributed by atoms with Gasteiger partial charge in [-0.15, -0.1) is 0 Å². The summed E-state index contributed by atoms with van der Waals surface area (Å²) in [5.41, 5.74) is 0. The number of rotatable bonds is 5. The molecular formula is C34H29CoO3PSn+. The Morgan fingerprint density at radius 2 is 0.600 bits per heavy atom. The summed E-state index contributed by atoms with van der Waals surface area (Å²) in [4.78, 5) is 2.44. The van der Waals surface area contributed by atoms with Gasteiger partial charge >= 0.3 is 126 Å². The van der Waals surface area contributed by atoms with Crippen LogP contribution in [0.25, 0.3) is 0 Å². The summed E-state index contributed by atoms with van der Waals surface area (Å²) in [5.74, 6) is 0. The fourth-order valence-corrected chi connectivity index (χ4v) is 11.3. The summed E-state index contributed by atoms with van der Waals surface area (Å²) in [6.45, 7) is 13.5. The molecule has 0 aliphatic heterocycles. The summed E-state index contributed by atoms with van der Waals surface area (Å²) in [6.07, 6.45) is 0. The van der Waals surface area contributed by atoms with Crippen molar-refractivity contribution in [2.75, 3.05) is 0 Å². The van der Waals surface area contributed by atoms with Gasteiger partial charge in [-0.25, -0.2) is 0 Å². The van der Waals surface area contributed by atoms with Gasteiger partial charge in [0.15, 0.2) is 0 Å². The zero-order valence-electron chi connectivity index (χ0n) is 22.0. The molecule has 0 fully saturated rings. The average Bonchev–Trinajstić information content (AvgIpc) is 3.06. The van der Waals surface area contributed by atoms with E-state index in [9.17, 15) is 0 Å². The third-order valence-corrected chi connectivity index (χ3v) is 15.2. The van der Waals surface area contributed by atoms with Crippen LogP contribution in [0.3, 0.4) is 0 Å². The molecule has 3 nitrogen and oxygen atoms in total. The normalized spacial score (nSPS) is 8.82. The Hall–Kier alpha value is -2.94. The first-order chi connectivity index (χ1) is 19.3. The Bertz CT molecular complexity index is 1200. The number of benzene rings is 5. The monoisotopic (exact) mass is 695 g/mol. The average molecular weight is 694 g/mol. The molecule has 0 spiro atoms. The Balaban J connectivity index is 0.000000646. The van der Waals surface area contributed by atoms with Gasteiger partial charge in [0.1, 0.15) is 15.9 Å². The molecule has 0 aliphatic carbocycles. The van der Waals surface area contributed by atoms with Gasteiger partial charge in [0.2, 0.25) is 0 Å². The van der Waals surface area contributed by atoms with Crippen LogP contribution in [-0.4, -0.2) is 19.8 Å². The minimum absolute atomic E-state index is 0. The van der Waals surface area contributed by atoms with Crippen molar-refractivity contribution < 1.29 is 30.7 Å². The molecule has 0 aliphatic rings. The smallest absolute Gasteiger partial charge is 0.0620 e. The molecule has 6 heteroatoms. The fourth-order valence-electron chi connectivity index (χ4n) is 3.86. The third kappa shape index (κ3) is 12.5. The van der Waals surface area contributed by atoms with Gasteiger partial charge in [0.25, 0.3) is 0 Å². The van der Waals surface area contributed by atoms with Crippen molar-refractivity contribution in [2.45, 2.75) is 4.94 Å². The van der Waals surface area contributed by atoms with Gasteiger partial charge in [-0.1, -0.05) is 54.6 Å². The Labute approximate surface area is 256 Å². The molecule has 0 saturated carbocycles. The van der Waals surface area contributed by atoms with E-state index >= 15 is 0 Å². The van der Waals surface area contributed by atoms with Crippen LogP contribution in [0.4, 0.5) is 0 Å². The molecule has 0 unspecified atom stereocenters. The van der Waals surface area contributed by atoms with E-state index in [-0.39, 0.29) is 16.8 Å². The van der Waals surface area contributed by atoms with Crippen LogP contribution in [0.5, 0.6) is 0 Å². The maximum absolute atomic E-state index is 7.50. The molecule has 5 rings (SSSR count). The van der Waals surface area contributed by atoms with Gasteiger partial charge in [-0.05, 0) is 36.4 Å². The van der Waals surface area contributed by atoms with Crippen molar-refractivity contribution in [1.29, 1.82) is 0 Å². The van der Waals surface area contributed by atoms with Gasteiger partial charge in [-0.3, -0.25) is 0 Å². The second kappa shape index (κ2) is 23.9. The summed E-state index contributed by atoms with van der Waals surface area (Å²) in [6, 6.07) is 54.3. The predicted molar refractivity (Wildman–Crippen MR) is 162 cm³/mol. The molecule has 0 atom stereocenters. The quantitative estimate of drug-likeness (QED) is 0.108. The van der Waals surface area contributed by atoms with Crippen LogP contribution >= 0.6 is 7.92 Å². The SMILES string of the molecule is [C-]#[O+].[C-]#[O+].[C-]#[O+].[CH3][Sn]([c]1ccccc1)[c]1ccccc1.[Co].c1ccc([PH+](c2ccccc2)c2ccccc2)cc1. The molecular weight excluding hydrogens is 665 g/mol. The van der Waals surface area contributed by atoms with Crippen molar-refractivity contribution in [3.8, 4) is 0 Å². The van der Waals surface area contributed by atoms with Crippen molar-refractivity contribution in [3.63, 3.8) is 0 Å². The Kier molecular flexibility index (Phi) is 22.1. The van der Waals surface area contributed by atoms with E-state index in [1.165, 1.54) is 15.9 Å². The first-order valence-electron chi connectivity index (χ1n) is 11.9. The number of hydrogen-bond donors (Lipinski definition) is 0. The number of hydrogen-bond acceptors (Lipinski definition) is 0. The van der Waals surface area contributed by atoms with Crippen LogP contribution in [0.2, 0.25) is 4.94 Å². The van der Waals surface area contributed by atoms with Crippen LogP contribution in [0.1, 0.15) is 0 Å². The maximum Gasteiger partial charge on any atom is 0.102 e. The van der Waals surface area contributed by atoms with Crippen LogP contribution < -0.4 is 23.1 Å². The van der Waals surface area contributed by atoms with E-state index < -0.39 is 27.7 Å². The van der Waals surface area contributed by atoms with Gasteiger partial charge < -0.3 is 0 Å². The largest absolute Gasteiger partial charge is 0.102 e. The van der Waals surface area contributed by atoms with Crippen LogP contribution in [-0.2, 0) is 30.7 Å². The molecule has 0 saturated heterocycles. The molecule has 0 bridgehead atoms. The van der Waals surface area contributed by atoms with E-state index in [2.05, 4.69) is 177 Å². The molecule has 5 aromatic rings. The van der Waals surface area contributed by atoms with Crippen molar-refractivity contribution in [1.82, 2.24) is 0 Å². The molecule has 0 aromatic heterocycles. The van der Waals surface area contributed by atoms with Gasteiger partial charge in [-0.2, -0.15) is 0 Å². The molecule has 0 heterocycles. The zero-order valence-corrected chi connectivity index (χ0v) is 26.9. The Morgan fingerprint density at radius 3 is 0.825 bits per heavy atom. The fraction of sp³-hybridized carbons (Fsp3) is 0.0294. The first kappa shape index (κ1) is 37.1. The van der Waals surface area contributed by atoms with E-state index in [4.69, 9.17) is 14.0 Å². The molecule has 0 N–H and O–H groups in total. The molecule has 200 valence electrons.